The minimum absolute atomic E-state index is 0.0264. The molecular weight excluding hydrogens is 462 g/mol. The number of hydrogen-bond acceptors (Lipinski definition) is 8. The van der Waals surface area contributed by atoms with Crippen molar-refractivity contribution in [1.29, 1.82) is 0 Å². The molecule has 3 atom stereocenters. The number of carbonyl (C=O) groups excluding carboxylic acids is 1. The van der Waals surface area contributed by atoms with Crippen molar-refractivity contribution in [2.24, 2.45) is 5.16 Å². The van der Waals surface area contributed by atoms with Gasteiger partial charge in [0.2, 0.25) is 0 Å². The van der Waals surface area contributed by atoms with Gasteiger partial charge in [0.1, 0.15) is 26.1 Å². The molecule has 3 rings (SSSR count). The predicted octanol–water partition coefficient (Wildman–Crippen LogP) is 4.70. The summed E-state index contributed by atoms with van der Waals surface area (Å²) in [6, 6.07) is 13.5. The number of aliphatic hydroxyl groups is 1. The summed E-state index contributed by atoms with van der Waals surface area (Å²) in [6.07, 6.45) is 0.960. The van der Waals surface area contributed by atoms with Crippen molar-refractivity contribution in [2.45, 2.75) is 44.5 Å². The van der Waals surface area contributed by atoms with Gasteiger partial charge in [0.25, 0.3) is 0 Å². The van der Waals surface area contributed by atoms with E-state index in [0.29, 0.717) is 30.9 Å². The van der Waals surface area contributed by atoms with Crippen LogP contribution in [0.2, 0.25) is 5.02 Å². The molecule has 2 aromatic rings. The van der Waals surface area contributed by atoms with Crippen LogP contribution in [0.3, 0.4) is 0 Å². The lowest BCUT2D eigenvalue weighted by atomic mass is 9.94. The highest BCUT2D eigenvalue weighted by Gasteiger charge is 2.30. The highest BCUT2D eigenvalue weighted by Crippen LogP contribution is 2.34. The van der Waals surface area contributed by atoms with Gasteiger partial charge in [-0.25, -0.2) is 4.79 Å². The van der Waals surface area contributed by atoms with Crippen LogP contribution in [-0.2, 0) is 25.5 Å². The molecule has 1 aliphatic rings. The van der Waals surface area contributed by atoms with Crippen molar-refractivity contribution < 1.29 is 33.7 Å². The zero-order valence-electron chi connectivity index (χ0n) is 19.3. The van der Waals surface area contributed by atoms with Crippen molar-refractivity contribution in [3.8, 4) is 5.75 Å². The van der Waals surface area contributed by atoms with E-state index in [2.05, 4.69) is 9.99 Å². The molecule has 1 fully saturated rings. The molecule has 0 spiro atoms. The quantitative estimate of drug-likeness (QED) is 0.292. The maximum absolute atomic E-state index is 11.5. The van der Waals surface area contributed by atoms with Crippen molar-refractivity contribution in [1.82, 2.24) is 0 Å². The number of carbonyl (C=O) groups is 1. The molecule has 8 nitrogen and oxygen atoms in total. The second-order valence-electron chi connectivity index (χ2n) is 7.82. The summed E-state index contributed by atoms with van der Waals surface area (Å²) in [5.41, 5.74) is 2.93. The van der Waals surface area contributed by atoms with E-state index in [4.69, 9.17) is 30.5 Å². The summed E-state index contributed by atoms with van der Waals surface area (Å²) in [6.45, 7) is 2.29. The Morgan fingerprint density at radius 3 is 2.74 bits per heavy atom. The van der Waals surface area contributed by atoms with E-state index < -0.39 is 18.4 Å². The Morgan fingerprint density at radius 2 is 2.00 bits per heavy atom. The summed E-state index contributed by atoms with van der Waals surface area (Å²) in [7, 11) is 1.48. The van der Waals surface area contributed by atoms with E-state index in [1.807, 2.05) is 42.5 Å². The fourth-order valence-electron chi connectivity index (χ4n) is 3.73. The number of ether oxygens (including phenoxy) is 4. The molecule has 1 aliphatic heterocycles. The Balaban J connectivity index is 1.63. The standard InChI is InChI=1S/C25H30ClNO7/c1-3-31-25(29)33-16-22-14-20(28)15-24(34-22)18-6-9-23(26)19(13-18)12-17-4-7-21(8-5-17)32-11-10-27-30-2/h4-10,13,20,22,24,28H,3,11-12,14-16H2,1-2H3/b27-10+. The van der Waals surface area contributed by atoms with Crippen LogP contribution in [-0.4, -0.2) is 56.6 Å². The molecule has 1 saturated heterocycles. The van der Waals surface area contributed by atoms with Crippen LogP contribution in [0.1, 0.15) is 42.6 Å². The van der Waals surface area contributed by atoms with Gasteiger partial charge in [0.15, 0.2) is 0 Å². The smallest absolute Gasteiger partial charge is 0.488 e. The van der Waals surface area contributed by atoms with Crippen LogP contribution in [0.4, 0.5) is 4.79 Å². The second-order valence-corrected chi connectivity index (χ2v) is 8.23. The molecule has 0 bridgehead atoms. The van der Waals surface area contributed by atoms with Gasteiger partial charge in [-0.2, -0.15) is 0 Å². The normalized spacial score (nSPS) is 20.2. The monoisotopic (exact) mass is 491 g/mol. The molecule has 0 aromatic heterocycles. The van der Waals surface area contributed by atoms with Gasteiger partial charge >= 0.3 is 6.16 Å². The Bertz CT molecular complexity index is 951. The first-order valence-electron chi connectivity index (χ1n) is 11.2. The van der Waals surface area contributed by atoms with Gasteiger partial charge in [-0.1, -0.05) is 41.0 Å². The van der Waals surface area contributed by atoms with Crippen molar-refractivity contribution in [3.63, 3.8) is 0 Å². The number of aliphatic hydroxyl groups excluding tert-OH is 1. The summed E-state index contributed by atoms with van der Waals surface area (Å²) in [5.74, 6) is 0.729. The van der Waals surface area contributed by atoms with Gasteiger partial charge in [-0.3, -0.25) is 0 Å². The highest BCUT2D eigenvalue weighted by molar-refractivity contribution is 6.31. The first-order chi connectivity index (χ1) is 16.5. The maximum Gasteiger partial charge on any atom is 0.508 e. The van der Waals surface area contributed by atoms with Crippen LogP contribution in [0.15, 0.2) is 47.6 Å². The largest absolute Gasteiger partial charge is 0.508 e. The first-order valence-corrected chi connectivity index (χ1v) is 11.5. The number of rotatable bonds is 10. The SMILES string of the molecule is CCOC(=O)OCC1CC(O)CC(c2ccc(Cl)c(Cc3ccc(OC/C=N/OC)cc3)c2)O1. The topological polar surface area (TPSA) is 95.8 Å². The number of hydrogen-bond donors (Lipinski definition) is 1. The molecule has 0 aliphatic carbocycles. The Kier molecular flexibility index (Phi) is 10.00. The van der Waals surface area contributed by atoms with Crippen LogP contribution < -0.4 is 4.74 Å². The molecular formula is C25H30ClNO7. The van der Waals surface area contributed by atoms with E-state index in [1.165, 1.54) is 13.3 Å². The second kappa shape index (κ2) is 13.2. The lowest BCUT2D eigenvalue weighted by molar-refractivity contribution is -0.118. The fourth-order valence-corrected chi connectivity index (χ4v) is 3.91. The first kappa shape index (κ1) is 25.8. The van der Waals surface area contributed by atoms with Gasteiger partial charge < -0.3 is 28.9 Å². The molecule has 9 heteroatoms. The zero-order valence-corrected chi connectivity index (χ0v) is 20.1. The summed E-state index contributed by atoms with van der Waals surface area (Å²) in [5, 5.41) is 14.6. The Morgan fingerprint density at radius 1 is 1.21 bits per heavy atom. The summed E-state index contributed by atoms with van der Waals surface area (Å²) < 4.78 is 21.5. The van der Waals surface area contributed by atoms with Gasteiger partial charge in [-0.15, -0.1) is 0 Å². The van der Waals surface area contributed by atoms with Gasteiger partial charge in [0.05, 0.1) is 31.1 Å². The number of halogens is 1. The van der Waals surface area contributed by atoms with E-state index in [-0.39, 0.29) is 19.3 Å². The lowest BCUT2D eigenvalue weighted by Crippen LogP contribution is -2.35. The highest BCUT2D eigenvalue weighted by atomic mass is 35.5. The average molecular weight is 492 g/mol. The van der Waals surface area contributed by atoms with Crippen LogP contribution >= 0.6 is 11.6 Å². The molecule has 184 valence electrons. The Hall–Kier alpha value is -2.81. The van der Waals surface area contributed by atoms with E-state index in [1.54, 1.807) is 6.92 Å². The van der Waals surface area contributed by atoms with Crippen LogP contribution in [0.25, 0.3) is 0 Å². The van der Waals surface area contributed by atoms with E-state index in [0.717, 1.165) is 22.4 Å². The van der Waals surface area contributed by atoms with E-state index in [9.17, 15) is 9.90 Å². The Labute approximate surface area is 204 Å². The van der Waals surface area contributed by atoms with Crippen molar-refractivity contribution >= 4 is 24.0 Å². The minimum Gasteiger partial charge on any atom is -0.488 e. The fraction of sp³-hybridized carbons (Fsp3) is 0.440. The number of benzene rings is 2. The minimum atomic E-state index is -0.740. The third-order valence-electron chi connectivity index (χ3n) is 5.29. The zero-order chi connectivity index (χ0) is 24.3. The van der Waals surface area contributed by atoms with Gasteiger partial charge in [-0.05, 0) is 48.2 Å². The summed E-state index contributed by atoms with van der Waals surface area (Å²) >= 11 is 6.47. The summed E-state index contributed by atoms with van der Waals surface area (Å²) in [4.78, 5) is 16.1. The molecule has 0 radical (unpaired) electrons. The van der Waals surface area contributed by atoms with E-state index >= 15 is 0 Å². The van der Waals surface area contributed by atoms with Crippen molar-refractivity contribution in [3.05, 3.63) is 64.2 Å². The number of oxime groups is 1. The third kappa shape index (κ3) is 7.90. The maximum atomic E-state index is 11.5. The molecule has 0 saturated carbocycles. The molecule has 3 unspecified atom stereocenters. The van der Waals surface area contributed by atoms with Crippen molar-refractivity contribution in [2.75, 3.05) is 26.9 Å². The molecule has 34 heavy (non-hydrogen) atoms. The van der Waals surface area contributed by atoms with Crippen LogP contribution in [0.5, 0.6) is 5.75 Å². The molecule has 1 N–H and O–H groups in total. The van der Waals surface area contributed by atoms with Gasteiger partial charge in [0, 0.05) is 17.9 Å². The lowest BCUT2D eigenvalue weighted by Gasteiger charge is -2.33. The molecule has 1 heterocycles. The molecule has 0 amide bonds. The number of nitrogens with zero attached hydrogens (tertiary/aromatic N) is 1. The predicted molar refractivity (Wildman–Crippen MR) is 128 cm³/mol. The van der Waals surface area contributed by atoms with Crippen LogP contribution in [0, 0.1) is 0 Å². The third-order valence-corrected chi connectivity index (χ3v) is 5.66. The average Bonchev–Trinajstić information content (AvgIpc) is 2.83. The molecule has 2 aromatic carbocycles.